The topological polar surface area (TPSA) is 49.7 Å². The van der Waals surface area contributed by atoms with Crippen LogP contribution in [0.25, 0.3) is 0 Å². The molecule has 3 aromatic carbocycles. The van der Waals surface area contributed by atoms with Crippen molar-refractivity contribution in [1.29, 1.82) is 0 Å². The van der Waals surface area contributed by atoms with E-state index in [9.17, 15) is 10.2 Å². The number of aliphatic hydroxyl groups excluding tert-OH is 2. The van der Waals surface area contributed by atoms with Crippen LogP contribution in [0.2, 0.25) is 0 Å². The van der Waals surface area contributed by atoms with Crippen molar-refractivity contribution in [3.8, 4) is 0 Å². The van der Waals surface area contributed by atoms with Gasteiger partial charge >= 0.3 is 0 Å². The maximum atomic E-state index is 11.1. The van der Waals surface area contributed by atoms with Gasteiger partial charge in [-0.2, -0.15) is 0 Å². The van der Waals surface area contributed by atoms with Gasteiger partial charge in [-0.1, -0.05) is 84.9 Å². The molecule has 0 radical (unpaired) electrons. The molecule has 0 aromatic heterocycles. The number of rotatable bonds is 2. The van der Waals surface area contributed by atoms with Crippen molar-refractivity contribution in [2.45, 2.75) is 23.4 Å². The monoisotopic (exact) mass is 330 g/mol. The summed E-state index contributed by atoms with van der Waals surface area (Å²) in [6.45, 7) is 0. The summed E-state index contributed by atoms with van der Waals surface area (Å²) in [5, 5.41) is 22.2. The Balaban J connectivity index is 1.85. The molecule has 2 N–H and O–H groups in total. The molecule has 124 valence electrons. The number of hydrogen-bond donors (Lipinski definition) is 2. The third kappa shape index (κ3) is 1.65. The van der Waals surface area contributed by atoms with E-state index in [4.69, 9.17) is 4.74 Å². The van der Waals surface area contributed by atoms with Crippen LogP contribution in [0.3, 0.4) is 0 Å². The van der Waals surface area contributed by atoms with Gasteiger partial charge in [-0.15, -0.1) is 0 Å². The summed E-state index contributed by atoms with van der Waals surface area (Å²) in [7, 11) is 0. The molecule has 25 heavy (non-hydrogen) atoms. The van der Waals surface area contributed by atoms with Gasteiger partial charge in [-0.3, -0.25) is 0 Å². The van der Waals surface area contributed by atoms with Crippen molar-refractivity contribution in [3.05, 3.63) is 107 Å². The SMILES string of the molecule is O[C@@H]1[C@H](O)[C@@]2(c3ccccc3)O[C@@]1(c1ccccc1)c1ccccc12. The summed E-state index contributed by atoms with van der Waals surface area (Å²) in [4.78, 5) is 0. The van der Waals surface area contributed by atoms with Crippen LogP contribution >= 0.6 is 0 Å². The Morgan fingerprint density at radius 1 is 0.560 bits per heavy atom. The lowest BCUT2D eigenvalue weighted by atomic mass is 9.68. The maximum Gasteiger partial charge on any atom is 0.149 e. The molecule has 0 unspecified atom stereocenters. The summed E-state index contributed by atoms with van der Waals surface area (Å²) >= 11 is 0. The fourth-order valence-corrected chi connectivity index (χ4v) is 4.52. The number of hydrogen-bond acceptors (Lipinski definition) is 3. The van der Waals surface area contributed by atoms with Crippen molar-refractivity contribution in [3.63, 3.8) is 0 Å². The second-order valence-electron chi connectivity index (χ2n) is 6.74. The zero-order valence-corrected chi connectivity index (χ0v) is 13.5. The predicted octanol–water partition coefficient (Wildman–Crippen LogP) is 2.94. The summed E-state index contributed by atoms with van der Waals surface area (Å²) in [5.74, 6) is 0. The standard InChI is InChI=1S/C22H18O3/c23-19-20(24)22(16-11-5-2-6-12-16)18-14-8-7-13-17(18)21(19,25-22)15-9-3-1-4-10-15/h1-14,19-20,23-24H/t19-,20+,21-,22-/m0/s1. The molecule has 5 rings (SSSR count). The highest BCUT2D eigenvalue weighted by Gasteiger charge is 2.70. The molecule has 4 atom stereocenters. The largest absolute Gasteiger partial charge is 0.386 e. The molecule has 3 nitrogen and oxygen atoms in total. The lowest BCUT2D eigenvalue weighted by molar-refractivity contribution is -0.0736. The number of benzene rings is 3. The molecular formula is C22H18O3. The minimum atomic E-state index is -1.06. The van der Waals surface area contributed by atoms with Crippen LogP contribution in [0, 0.1) is 0 Å². The first-order valence-corrected chi connectivity index (χ1v) is 8.48. The highest BCUT2D eigenvalue weighted by Crippen LogP contribution is 2.63. The first-order valence-electron chi connectivity index (χ1n) is 8.48. The van der Waals surface area contributed by atoms with E-state index >= 15 is 0 Å². The molecule has 2 heterocycles. The molecule has 2 bridgehead atoms. The maximum absolute atomic E-state index is 11.1. The van der Waals surface area contributed by atoms with Gasteiger partial charge in [0.15, 0.2) is 0 Å². The summed E-state index contributed by atoms with van der Waals surface area (Å²) in [5.41, 5.74) is 1.42. The van der Waals surface area contributed by atoms with Gasteiger partial charge in [0.25, 0.3) is 0 Å². The van der Waals surface area contributed by atoms with Crippen molar-refractivity contribution >= 4 is 0 Å². The van der Waals surface area contributed by atoms with Crippen LogP contribution < -0.4 is 0 Å². The van der Waals surface area contributed by atoms with Crippen LogP contribution in [0.5, 0.6) is 0 Å². The van der Waals surface area contributed by atoms with Crippen molar-refractivity contribution in [2.75, 3.05) is 0 Å². The van der Waals surface area contributed by atoms with E-state index in [-0.39, 0.29) is 0 Å². The molecule has 2 aliphatic heterocycles. The summed E-state index contributed by atoms with van der Waals surface area (Å²) in [6, 6.07) is 27.2. The Labute approximate surface area is 146 Å². The van der Waals surface area contributed by atoms with Crippen molar-refractivity contribution in [1.82, 2.24) is 0 Å². The Morgan fingerprint density at radius 2 is 0.920 bits per heavy atom. The Bertz CT molecular complexity index is 848. The lowest BCUT2D eigenvalue weighted by Crippen LogP contribution is -2.48. The molecule has 2 aliphatic rings. The van der Waals surface area contributed by atoms with Crippen LogP contribution in [0.15, 0.2) is 84.9 Å². The highest BCUT2D eigenvalue weighted by atomic mass is 16.6. The van der Waals surface area contributed by atoms with Crippen molar-refractivity contribution in [2.24, 2.45) is 0 Å². The molecule has 3 aromatic rings. The second-order valence-corrected chi connectivity index (χ2v) is 6.74. The minimum Gasteiger partial charge on any atom is -0.386 e. The van der Waals surface area contributed by atoms with Crippen LogP contribution in [0.4, 0.5) is 0 Å². The van der Waals surface area contributed by atoms with Crippen molar-refractivity contribution < 1.29 is 14.9 Å². The quantitative estimate of drug-likeness (QED) is 0.759. The zero-order valence-electron chi connectivity index (χ0n) is 13.5. The number of aliphatic hydroxyl groups is 2. The first kappa shape index (κ1) is 14.8. The molecule has 0 spiro atoms. The normalized spacial score (nSPS) is 32.6. The Morgan fingerprint density at radius 3 is 1.32 bits per heavy atom. The molecule has 1 fully saturated rings. The van der Waals surface area contributed by atoms with Gasteiger partial charge in [-0.05, 0) is 22.3 Å². The molecule has 0 amide bonds. The molecule has 0 saturated carbocycles. The van der Waals surface area contributed by atoms with Crippen LogP contribution in [-0.4, -0.2) is 22.4 Å². The summed E-state index contributed by atoms with van der Waals surface area (Å²) < 4.78 is 6.61. The third-order valence-corrected chi connectivity index (χ3v) is 5.59. The smallest absolute Gasteiger partial charge is 0.149 e. The predicted molar refractivity (Wildman–Crippen MR) is 94.0 cm³/mol. The van der Waals surface area contributed by atoms with E-state index in [0.717, 1.165) is 22.3 Å². The van der Waals surface area contributed by atoms with E-state index in [1.165, 1.54) is 0 Å². The zero-order chi connectivity index (χ0) is 17.1. The minimum absolute atomic E-state index is 0.851. The fourth-order valence-electron chi connectivity index (χ4n) is 4.52. The van der Waals surface area contributed by atoms with Gasteiger partial charge in [0.2, 0.25) is 0 Å². The van der Waals surface area contributed by atoms with E-state index < -0.39 is 23.4 Å². The summed E-state index contributed by atoms with van der Waals surface area (Å²) in [6.07, 6.45) is -2.10. The van der Waals surface area contributed by atoms with Crippen LogP contribution in [-0.2, 0) is 15.9 Å². The van der Waals surface area contributed by atoms with Gasteiger partial charge in [0.05, 0.1) is 0 Å². The lowest BCUT2D eigenvalue weighted by Gasteiger charge is -2.35. The fraction of sp³-hybridized carbons (Fsp3) is 0.182. The molecule has 1 saturated heterocycles. The van der Waals surface area contributed by atoms with Gasteiger partial charge in [0.1, 0.15) is 23.4 Å². The number of fused-ring (bicyclic) bond motifs is 5. The van der Waals surface area contributed by atoms with E-state index in [1.807, 2.05) is 84.9 Å². The first-order chi connectivity index (χ1) is 12.2. The van der Waals surface area contributed by atoms with Gasteiger partial charge < -0.3 is 14.9 Å². The van der Waals surface area contributed by atoms with Crippen LogP contribution in [0.1, 0.15) is 22.3 Å². The molecular weight excluding hydrogens is 312 g/mol. The molecule has 3 heteroatoms. The van der Waals surface area contributed by atoms with E-state index in [0.29, 0.717) is 0 Å². The Hall–Kier alpha value is -2.46. The Kier molecular flexibility index (Phi) is 2.98. The third-order valence-electron chi connectivity index (χ3n) is 5.59. The van der Waals surface area contributed by atoms with E-state index in [1.54, 1.807) is 0 Å². The van der Waals surface area contributed by atoms with Gasteiger partial charge in [-0.25, -0.2) is 0 Å². The highest BCUT2D eigenvalue weighted by molar-refractivity contribution is 5.58. The second kappa shape index (κ2) is 5.02. The average molecular weight is 330 g/mol. The van der Waals surface area contributed by atoms with Gasteiger partial charge in [0, 0.05) is 0 Å². The molecule has 0 aliphatic carbocycles. The van der Waals surface area contributed by atoms with E-state index in [2.05, 4.69) is 0 Å². The average Bonchev–Trinajstić information content (AvgIpc) is 3.13. The number of ether oxygens (including phenoxy) is 1.